The van der Waals surface area contributed by atoms with Gasteiger partial charge in [0, 0.05) is 20.3 Å². The number of carbonyl (C=O) groups is 1. The van der Waals surface area contributed by atoms with Crippen molar-refractivity contribution < 1.29 is 4.79 Å². The second-order valence-corrected chi connectivity index (χ2v) is 5.83. The topological polar surface area (TPSA) is 20.3 Å². The van der Waals surface area contributed by atoms with Crippen LogP contribution in [-0.4, -0.2) is 22.0 Å². The van der Waals surface area contributed by atoms with E-state index in [2.05, 4.69) is 23.2 Å². The third-order valence-electron chi connectivity index (χ3n) is 2.28. The van der Waals surface area contributed by atoms with Gasteiger partial charge < -0.3 is 4.90 Å². The van der Waals surface area contributed by atoms with Gasteiger partial charge in [0.15, 0.2) is 0 Å². The number of carbonyl (C=O) groups excluding carboxylic acids is 1. The molecule has 0 saturated carbocycles. The molecule has 0 fully saturated rings. The monoisotopic (exact) mass is 289 g/mol. The van der Waals surface area contributed by atoms with Gasteiger partial charge in [-0.3, -0.25) is 4.79 Å². The van der Waals surface area contributed by atoms with Gasteiger partial charge in [0.05, 0.1) is 0 Å². The molecule has 2 rings (SSSR count). The highest BCUT2D eigenvalue weighted by atomic mass is 127. The van der Waals surface area contributed by atoms with Crippen LogP contribution < -0.4 is 0 Å². The highest BCUT2D eigenvalue weighted by molar-refractivity contribution is 14.2. The molecule has 2 aliphatic rings. The van der Waals surface area contributed by atoms with Crippen molar-refractivity contribution in [2.24, 2.45) is 5.92 Å². The Bertz CT molecular complexity index is 337. The van der Waals surface area contributed by atoms with Crippen molar-refractivity contribution in [2.45, 2.75) is 13.3 Å². The lowest BCUT2D eigenvalue weighted by molar-refractivity contribution is -0.122. The molecule has 0 aromatic carbocycles. The Morgan fingerprint density at radius 1 is 1.62 bits per heavy atom. The van der Waals surface area contributed by atoms with E-state index in [4.69, 9.17) is 0 Å². The molecule has 2 nitrogen and oxygen atoms in total. The maximum atomic E-state index is 11.7. The average molecular weight is 289 g/mol. The maximum Gasteiger partial charge on any atom is 0.254 e. The molecule has 1 amide bonds. The summed E-state index contributed by atoms with van der Waals surface area (Å²) in [5.74, 6) is 0.732. The van der Waals surface area contributed by atoms with Gasteiger partial charge >= 0.3 is 0 Å². The van der Waals surface area contributed by atoms with Gasteiger partial charge in [-0.05, 0) is 12.3 Å². The first kappa shape index (κ1) is 9.12. The molecule has 3 heteroatoms. The first-order valence-corrected chi connectivity index (χ1v) is 6.66. The number of nitrogens with zero attached hydrogens (tertiary/aromatic N) is 1. The molecule has 70 valence electrons. The zero-order chi connectivity index (χ0) is 9.42. The van der Waals surface area contributed by atoms with E-state index < -0.39 is 0 Å². The van der Waals surface area contributed by atoms with E-state index in [1.165, 1.54) is 3.58 Å². The second kappa shape index (κ2) is 3.36. The Labute approximate surface area is 88.0 Å². The molecule has 1 heterocycles. The van der Waals surface area contributed by atoms with Crippen LogP contribution in [-0.2, 0) is 4.79 Å². The van der Waals surface area contributed by atoms with Crippen molar-refractivity contribution in [1.82, 2.24) is 4.90 Å². The lowest BCUT2D eigenvalue weighted by Gasteiger charge is -2.24. The molecule has 1 aliphatic heterocycles. The Morgan fingerprint density at radius 2 is 2.38 bits per heavy atom. The number of amides is 1. The fourth-order valence-electron chi connectivity index (χ4n) is 1.51. The second-order valence-electron chi connectivity index (χ2n) is 3.49. The van der Waals surface area contributed by atoms with Crippen LogP contribution >= 0.6 is 20.7 Å². The van der Waals surface area contributed by atoms with Crippen molar-refractivity contribution in [3.63, 3.8) is 0 Å². The molecule has 0 radical (unpaired) electrons. The zero-order valence-corrected chi connectivity index (χ0v) is 9.91. The summed E-state index contributed by atoms with van der Waals surface area (Å²) in [6.07, 6.45) is 5.30. The minimum Gasteiger partial charge on any atom is -0.313 e. The minimum absolute atomic E-state index is 0.0605. The van der Waals surface area contributed by atoms with Crippen molar-refractivity contribution >= 4 is 30.8 Å². The van der Waals surface area contributed by atoms with Crippen LogP contribution in [0.2, 0.25) is 0 Å². The van der Waals surface area contributed by atoms with Crippen LogP contribution in [0.1, 0.15) is 13.3 Å². The molecule has 1 aliphatic carbocycles. The molecule has 13 heavy (non-hydrogen) atoms. The summed E-state index contributed by atoms with van der Waals surface area (Å²) in [5, 5.41) is 0. The molecule has 0 aromatic rings. The molecule has 1 unspecified atom stereocenters. The van der Waals surface area contributed by atoms with Gasteiger partial charge in [-0.1, -0.05) is 39.8 Å². The Morgan fingerprint density at radius 3 is 3.15 bits per heavy atom. The van der Waals surface area contributed by atoms with Crippen LogP contribution in [0.25, 0.3) is 0 Å². The van der Waals surface area contributed by atoms with E-state index in [0.717, 1.165) is 12.0 Å². The number of hydrogen-bond donors (Lipinski definition) is 0. The molecule has 0 aromatic heterocycles. The minimum atomic E-state index is -0.0605. The van der Waals surface area contributed by atoms with Crippen LogP contribution in [0.4, 0.5) is 0 Å². The Balaban J connectivity index is 2.38. The maximum absolute atomic E-state index is 11.7. The SMILES string of the molecule is CC1C=CC2=C(C1)C(=O)N(C)C=I2. The fraction of sp³-hybridized carbons (Fsp3) is 0.400. The van der Waals surface area contributed by atoms with Gasteiger partial charge in [0.2, 0.25) is 0 Å². The van der Waals surface area contributed by atoms with E-state index in [9.17, 15) is 4.79 Å². The number of halogens is 1. The van der Waals surface area contributed by atoms with Gasteiger partial charge in [0.1, 0.15) is 0 Å². The van der Waals surface area contributed by atoms with Crippen molar-refractivity contribution in [3.8, 4) is 0 Å². The normalized spacial score (nSPS) is 27.4. The predicted molar refractivity (Wildman–Crippen MR) is 62.8 cm³/mol. The quantitative estimate of drug-likeness (QED) is 0.625. The van der Waals surface area contributed by atoms with Gasteiger partial charge in [-0.2, -0.15) is 0 Å². The molecular formula is C10H12INO. The summed E-state index contributed by atoms with van der Waals surface area (Å²) < 4.78 is 3.38. The average Bonchev–Trinajstić information content (AvgIpc) is 2.12. The largest absolute Gasteiger partial charge is 0.313 e. The molecule has 0 saturated heterocycles. The van der Waals surface area contributed by atoms with E-state index in [-0.39, 0.29) is 26.6 Å². The van der Waals surface area contributed by atoms with E-state index in [0.29, 0.717) is 5.92 Å². The summed E-state index contributed by atoms with van der Waals surface area (Å²) in [7, 11) is 1.86. The summed E-state index contributed by atoms with van der Waals surface area (Å²) in [6.45, 7) is 2.16. The lowest BCUT2D eigenvalue weighted by Crippen LogP contribution is -2.29. The Kier molecular flexibility index (Phi) is 2.36. The third-order valence-corrected chi connectivity index (χ3v) is 5.07. The van der Waals surface area contributed by atoms with E-state index in [1.54, 1.807) is 4.90 Å². The summed E-state index contributed by atoms with van der Waals surface area (Å²) >= 11 is -0.0605. The number of rotatable bonds is 0. The van der Waals surface area contributed by atoms with Crippen molar-refractivity contribution in [2.75, 3.05) is 7.05 Å². The first-order valence-electron chi connectivity index (χ1n) is 4.33. The van der Waals surface area contributed by atoms with E-state index >= 15 is 0 Å². The molecular weight excluding hydrogens is 277 g/mol. The molecule has 0 bridgehead atoms. The fourth-order valence-corrected chi connectivity index (χ4v) is 3.72. The zero-order valence-electron chi connectivity index (χ0n) is 7.75. The highest BCUT2D eigenvalue weighted by Crippen LogP contribution is 2.33. The predicted octanol–water partition coefficient (Wildman–Crippen LogP) is 2.04. The van der Waals surface area contributed by atoms with Crippen molar-refractivity contribution in [3.05, 3.63) is 21.3 Å². The first-order chi connectivity index (χ1) is 6.18. The van der Waals surface area contributed by atoms with Gasteiger partial charge in [-0.25, -0.2) is 0 Å². The lowest BCUT2D eigenvalue weighted by atomic mass is 9.95. The van der Waals surface area contributed by atoms with Crippen LogP contribution in [0.3, 0.4) is 0 Å². The number of allylic oxidation sites excluding steroid dienone is 3. The Hall–Kier alpha value is -0.450. The van der Waals surface area contributed by atoms with E-state index in [1.807, 2.05) is 7.05 Å². The highest BCUT2D eigenvalue weighted by Gasteiger charge is 2.23. The molecule has 0 N–H and O–H groups in total. The molecule has 0 spiro atoms. The van der Waals surface area contributed by atoms with Gasteiger partial charge in [0.25, 0.3) is 5.91 Å². The summed E-state index contributed by atoms with van der Waals surface area (Å²) in [4.78, 5) is 13.5. The molecule has 1 atom stereocenters. The van der Waals surface area contributed by atoms with Crippen LogP contribution in [0.5, 0.6) is 0 Å². The summed E-state index contributed by atoms with van der Waals surface area (Å²) in [6, 6.07) is 0. The number of hydrogen-bond acceptors (Lipinski definition) is 1. The standard InChI is InChI=1S/C10H12INO/c1-7-3-4-9-8(5-7)10(13)12(2)6-11-9/h3-4,6-7H,5H2,1-2H3. The third kappa shape index (κ3) is 1.61. The van der Waals surface area contributed by atoms with Crippen molar-refractivity contribution in [1.29, 1.82) is 0 Å². The van der Waals surface area contributed by atoms with Gasteiger partial charge in [-0.15, -0.1) is 0 Å². The van der Waals surface area contributed by atoms with Crippen LogP contribution in [0, 0.1) is 5.92 Å². The smallest absolute Gasteiger partial charge is 0.254 e. The summed E-state index contributed by atoms with van der Waals surface area (Å²) in [5.41, 5.74) is 1.06. The van der Waals surface area contributed by atoms with Crippen LogP contribution in [0.15, 0.2) is 21.3 Å². The number of likely N-dealkylation sites (N-methyl/N-ethyl adjacent to an activating group) is 1.